The number of anilines is 2. The van der Waals surface area contributed by atoms with E-state index in [1.165, 1.54) is 15.6 Å². The van der Waals surface area contributed by atoms with Crippen LogP contribution in [0.4, 0.5) is 20.2 Å². The zero-order valence-electron chi connectivity index (χ0n) is 13.7. The number of hydrogen-bond acceptors (Lipinski definition) is 4. The zero-order valence-corrected chi connectivity index (χ0v) is 13.7. The van der Waals surface area contributed by atoms with Gasteiger partial charge in [-0.15, -0.1) is 0 Å². The van der Waals surface area contributed by atoms with Crippen LogP contribution in [0.1, 0.15) is 0 Å². The number of nitrogens with one attached hydrogen (secondary N) is 2. The summed E-state index contributed by atoms with van der Waals surface area (Å²) in [7, 11) is 1.60. The Morgan fingerprint density at radius 3 is 2.54 bits per heavy atom. The van der Waals surface area contributed by atoms with Crippen LogP contribution in [0, 0.1) is 11.6 Å². The van der Waals surface area contributed by atoms with E-state index in [2.05, 4.69) is 15.7 Å². The van der Waals surface area contributed by atoms with Gasteiger partial charge in [0.15, 0.2) is 0 Å². The summed E-state index contributed by atoms with van der Waals surface area (Å²) in [4.78, 5) is 23.7. The molecule has 0 aliphatic rings. The largest absolute Gasteiger partial charge is 0.376 e. The van der Waals surface area contributed by atoms with Gasteiger partial charge in [0, 0.05) is 18.8 Å². The first-order chi connectivity index (χ1) is 12.4. The van der Waals surface area contributed by atoms with E-state index in [-0.39, 0.29) is 17.9 Å². The van der Waals surface area contributed by atoms with Gasteiger partial charge in [0.25, 0.3) is 0 Å². The summed E-state index contributed by atoms with van der Waals surface area (Å²) in [6, 6.07) is 9.50. The molecule has 0 saturated heterocycles. The van der Waals surface area contributed by atoms with Crippen LogP contribution in [-0.4, -0.2) is 26.8 Å². The number of hydrogen-bond donors (Lipinski definition) is 2. The van der Waals surface area contributed by atoms with Crippen molar-refractivity contribution >= 4 is 17.3 Å². The lowest BCUT2D eigenvalue weighted by atomic mass is 10.2. The van der Waals surface area contributed by atoms with Crippen molar-refractivity contribution < 1.29 is 13.6 Å². The van der Waals surface area contributed by atoms with Gasteiger partial charge in [-0.05, 0) is 36.4 Å². The van der Waals surface area contributed by atoms with Crippen LogP contribution in [-0.2, 0) is 11.8 Å². The molecule has 0 spiro atoms. The Balaban J connectivity index is 1.61. The number of aromatic nitrogens is 3. The van der Waals surface area contributed by atoms with Gasteiger partial charge in [-0.3, -0.25) is 9.36 Å². The second-order valence-corrected chi connectivity index (χ2v) is 5.51. The average Bonchev–Trinajstić information content (AvgIpc) is 2.96. The highest BCUT2D eigenvalue weighted by Crippen LogP contribution is 2.15. The van der Waals surface area contributed by atoms with E-state index in [9.17, 15) is 18.4 Å². The summed E-state index contributed by atoms with van der Waals surface area (Å²) >= 11 is 0. The number of rotatable bonds is 5. The van der Waals surface area contributed by atoms with Crippen molar-refractivity contribution in [3.8, 4) is 5.69 Å². The molecule has 2 aromatic carbocycles. The van der Waals surface area contributed by atoms with Crippen molar-refractivity contribution in [2.75, 3.05) is 17.2 Å². The molecule has 0 bridgehead atoms. The number of aryl methyl sites for hydroxylation is 1. The maximum absolute atomic E-state index is 13.5. The standard InChI is InChI=1S/C17H15F2N5O2/c1-23-10-21-24(17(23)26)13-5-3-12(4-6-13)20-9-16(25)22-15-8-11(18)2-7-14(15)19/h2-8,10,20H,9H2,1H3,(H,22,25). The molecule has 26 heavy (non-hydrogen) atoms. The summed E-state index contributed by atoms with van der Waals surface area (Å²) < 4.78 is 29.2. The first-order valence-corrected chi connectivity index (χ1v) is 7.64. The number of nitrogens with zero attached hydrogens (tertiary/aromatic N) is 3. The Morgan fingerprint density at radius 2 is 1.88 bits per heavy atom. The average molecular weight is 359 g/mol. The highest BCUT2D eigenvalue weighted by molar-refractivity contribution is 5.93. The first kappa shape index (κ1) is 17.3. The van der Waals surface area contributed by atoms with Crippen molar-refractivity contribution in [2.45, 2.75) is 0 Å². The van der Waals surface area contributed by atoms with E-state index in [1.54, 1.807) is 31.3 Å². The van der Waals surface area contributed by atoms with Gasteiger partial charge >= 0.3 is 5.69 Å². The Morgan fingerprint density at radius 1 is 1.15 bits per heavy atom. The van der Waals surface area contributed by atoms with Gasteiger partial charge in [-0.25, -0.2) is 13.6 Å². The minimum Gasteiger partial charge on any atom is -0.376 e. The minimum absolute atomic E-state index is 0.140. The van der Waals surface area contributed by atoms with Gasteiger partial charge in [0.1, 0.15) is 18.0 Å². The number of carbonyl (C=O) groups is 1. The molecule has 1 aromatic heterocycles. The van der Waals surface area contributed by atoms with Crippen molar-refractivity contribution in [2.24, 2.45) is 7.05 Å². The fraction of sp³-hybridized carbons (Fsp3) is 0.118. The number of amides is 1. The smallest absolute Gasteiger partial charge is 0.350 e. The van der Waals surface area contributed by atoms with E-state index < -0.39 is 17.5 Å². The van der Waals surface area contributed by atoms with Crippen LogP contribution in [0.3, 0.4) is 0 Å². The third-order valence-corrected chi connectivity index (χ3v) is 3.59. The lowest BCUT2D eigenvalue weighted by molar-refractivity contribution is -0.114. The Bertz CT molecular complexity index is 995. The fourth-order valence-corrected chi connectivity index (χ4v) is 2.24. The highest BCUT2D eigenvalue weighted by Gasteiger charge is 2.09. The molecule has 0 unspecified atom stereocenters. The lowest BCUT2D eigenvalue weighted by Crippen LogP contribution is -2.23. The summed E-state index contributed by atoms with van der Waals surface area (Å²) in [5.41, 5.74) is 0.698. The maximum atomic E-state index is 13.5. The van der Waals surface area contributed by atoms with E-state index in [0.29, 0.717) is 11.4 Å². The van der Waals surface area contributed by atoms with Crippen molar-refractivity contribution in [3.63, 3.8) is 0 Å². The molecule has 0 saturated carbocycles. The third kappa shape index (κ3) is 3.77. The molecule has 1 amide bonds. The van der Waals surface area contributed by atoms with E-state index in [1.807, 2.05) is 0 Å². The monoisotopic (exact) mass is 359 g/mol. The molecule has 134 valence electrons. The molecular weight excluding hydrogens is 344 g/mol. The molecule has 0 aliphatic carbocycles. The van der Waals surface area contributed by atoms with Gasteiger partial charge in [0.2, 0.25) is 5.91 Å². The van der Waals surface area contributed by atoms with E-state index in [4.69, 9.17) is 0 Å². The zero-order chi connectivity index (χ0) is 18.7. The maximum Gasteiger partial charge on any atom is 0.350 e. The first-order valence-electron chi connectivity index (χ1n) is 7.64. The van der Waals surface area contributed by atoms with Crippen LogP contribution >= 0.6 is 0 Å². The number of benzene rings is 2. The van der Waals surface area contributed by atoms with Crippen LogP contribution in [0.25, 0.3) is 5.69 Å². The minimum atomic E-state index is -0.718. The van der Waals surface area contributed by atoms with Crippen LogP contribution < -0.4 is 16.3 Å². The SMILES string of the molecule is Cn1cnn(-c2ccc(NCC(=O)Nc3cc(F)ccc3F)cc2)c1=O. The normalized spacial score (nSPS) is 10.6. The highest BCUT2D eigenvalue weighted by atomic mass is 19.1. The summed E-state index contributed by atoms with van der Waals surface area (Å²) in [6.45, 7) is -0.140. The molecule has 0 atom stereocenters. The molecule has 0 radical (unpaired) electrons. The van der Waals surface area contributed by atoms with Crippen LogP contribution in [0.15, 0.2) is 53.6 Å². The van der Waals surface area contributed by atoms with Crippen LogP contribution in [0.2, 0.25) is 0 Å². The Hall–Kier alpha value is -3.49. The quantitative estimate of drug-likeness (QED) is 0.729. The lowest BCUT2D eigenvalue weighted by Gasteiger charge is -2.09. The predicted molar refractivity (Wildman–Crippen MR) is 92.3 cm³/mol. The molecule has 0 aliphatic heterocycles. The second-order valence-electron chi connectivity index (χ2n) is 5.51. The van der Waals surface area contributed by atoms with Crippen molar-refractivity contribution in [1.29, 1.82) is 0 Å². The van der Waals surface area contributed by atoms with Gasteiger partial charge < -0.3 is 10.6 Å². The molecule has 9 heteroatoms. The fourth-order valence-electron chi connectivity index (χ4n) is 2.24. The third-order valence-electron chi connectivity index (χ3n) is 3.59. The molecule has 0 fully saturated rings. The Labute approximate surface area is 146 Å². The predicted octanol–water partition coefficient (Wildman–Crippen LogP) is 1.90. The number of halogens is 2. The van der Waals surface area contributed by atoms with Gasteiger partial charge in [0.05, 0.1) is 17.9 Å². The number of carbonyl (C=O) groups excluding carboxylic acids is 1. The van der Waals surface area contributed by atoms with Gasteiger partial charge in [-0.2, -0.15) is 9.78 Å². The molecule has 7 nitrogen and oxygen atoms in total. The molecule has 2 N–H and O–H groups in total. The summed E-state index contributed by atoms with van der Waals surface area (Å²) in [5, 5.41) is 9.12. The van der Waals surface area contributed by atoms with Gasteiger partial charge in [-0.1, -0.05) is 0 Å². The van der Waals surface area contributed by atoms with E-state index in [0.717, 1.165) is 18.2 Å². The van der Waals surface area contributed by atoms with Crippen LogP contribution in [0.5, 0.6) is 0 Å². The summed E-state index contributed by atoms with van der Waals surface area (Å²) in [5.74, 6) is -1.89. The van der Waals surface area contributed by atoms with Crippen molar-refractivity contribution in [3.05, 3.63) is 70.9 Å². The van der Waals surface area contributed by atoms with E-state index >= 15 is 0 Å². The molecule has 1 heterocycles. The molecule has 3 rings (SSSR count). The molecular formula is C17H15F2N5O2. The second kappa shape index (κ2) is 7.18. The topological polar surface area (TPSA) is 81.0 Å². The molecule has 3 aromatic rings. The van der Waals surface area contributed by atoms with Crippen molar-refractivity contribution in [1.82, 2.24) is 14.3 Å². The Kier molecular flexibility index (Phi) is 4.78. The summed E-state index contributed by atoms with van der Waals surface area (Å²) in [6.07, 6.45) is 1.41.